The second-order valence-electron chi connectivity index (χ2n) is 6.93. The Morgan fingerprint density at radius 2 is 2.35 bits per heavy atom. The van der Waals surface area contributed by atoms with Crippen LogP contribution >= 0.6 is 11.8 Å². The highest BCUT2D eigenvalue weighted by molar-refractivity contribution is 8.14. The summed E-state index contributed by atoms with van der Waals surface area (Å²) in [6, 6.07) is 4.33. The third-order valence-corrected chi connectivity index (χ3v) is 6.21. The van der Waals surface area contributed by atoms with E-state index in [2.05, 4.69) is 45.2 Å². The van der Waals surface area contributed by atoms with Crippen LogP contribution in [0.1, 0.15) is 13.3 Å². The predicted octanol–water partition coefficient (Wildman–Crippen LogP) is 2.52. The molecule has 2 atom stereocenters. The summed E-state index contributed by atoms with van der Waals surface area (Å²) < 4.78 is 0. The SMILES string of the molecule is C[C@@H]1CCN(C(=O)NC2=NCCS2)C[C@@H]1N(C)c1ccnc2[nH]ccc12. The summed E-state index contributed by atoms with van der Waals surface area (Å²) in [6.45, 7) is 4.54. The van der Waals surface area contributed by atoms with E-state index < -0.39 is 0 Å². The van der Waals surface area contributed by atoms with E-state index in [1.54, 1.807) is 11.8 Å². The molecule has 26 heavy (non-hydrogen) atoms. The first-order chi connectivity index (χ1) is 12.6. The number of aromatic nitrogens is 2. The molecule has 0 aliphatic carbocycles. The number of likely N-dealkylation sites (tertiary alicyclic amines) is 1. The number of H-pyrrole nitrogens is 1. The molecule has 0 unspecified atom stereocenters. The van der Waals surface area contributed by atoms with E-state index >= 15 is 0 Å². The quantitative estimate of drug-likeness (QED) is 0.849. The van der Waals surface area contributed by atoms with Crippen LogP contribution in [0.25, 0.3) is 11.0 Å². The number of nitrogens with zero attached hydrogens (tertiary/aromatic N) is 4. The second kappa shape index (κ2) is 7.19. The number of fused-ring (bicyclic) bond motifs is 1. The van der Waals surface area contributed by atoms with Crippen LogP contribution in [0.3, 0.4) is 0 Å². The van der Waals surface area contributed by atoms with Crippen LogP contribution in [0.2, 0.25) is 0 Å². The number of aliphatic imine (C=N–C) groups is 1. The molecule has 2 amide bonds. The van der Waals surface area contributed by atoms with Gasteiger partial charge in [0.1, 0.15) is 5.65 Å². The van der Waals surface area contributed by atoms with Gasteiger partial charge in [0, 0.05) is 55.4 Å². The number of anilines is 1. The Labute approximate surface area is 157 Å². The number of hydrogen-bond donors (Lipinski definition) is 2. The highest BCUT2D eigenvalue weighted by Crippen LogP contribution is 2.30. The molecule has 7 nitrogen and oxygen atoms in total. The maximum atomic E-state index is 12.6. The Balaban J connectivity index is 1.51. The van der Waals surface area contributed by atoms with E-state index in [0.717, 1.165) is 47.2 Å². The van der Waals surface area contributed by atoms with Gasteiger partial charge in [-0.15, -0.1) is 0 Å². The largest absolute Gasteiger partial charge is 0.369 e. The first-order valence-electron chi connectivity index (χ1n) is 9.01. The number of likely N-dealkylation sites (N-methyl/N-ethyl adjacent to an activating group) is 1. The van der Waals surface area contributed by atoms with Crippen molar-refractivity contribution in [2.24, 2.45) is 10.9 Å². The molecule has 1 saturated heterocycles. The van der Waals surface area contributed by atoms with Crippen molar-refractivity contribution in [3.05, 3.63) is 24.5 Å². The van der Waals surface area contributed by atoms with Gasteiger partial charge in [-0.1, -0.05) is 18.7 Å². The molecule has 1 fully saturated rings. The standard InChI is InChI=1S/C18H24N6OS/c1-12-5-9-24(18(25)22-17-21-8-10-26-17)11-15(12)23(2)14-4-7-20-16-13(14)3-6-19-16/h3-4,6-7,12,15H,5,8-11H2,1-2H3,(H,19,20)(H,21,22,25)/t12-,15+/m1/s1. The Bertz CT molecular complexity index is 834. The molecule has 0 bridgehead atoms. The lowest BCUT2D eigenvalue weighted by Crippen LogP contribution is -2.55. The summed E-state index contributed by atoms with van der Waals surface area (Å²) in [5, 5.41) is 4.82. The second-order valence-corrected chi connectivity index (χ2v) is 8.01. The van der Waals surface area contributed by atoms with Gasteiger partial charge >= 0.3 is 6.03 Å². The number of urea groups is 1. The van der Waals surface area contributed by atoms with E-state index in [9.17, 15) is 4.79 Å². The van der Waals surface area contributed by atoms with Gasteiger partial charge in [-0.3, -0.25) is 10.3 Å². The lowest BCUT2D eigenvalue weighted by Gasteiger charge is -2.42. The Hall–Kier alpha value is -2.22. The number of amidine groups is 1. The predicted molar refractivity (Wildman–Crippen MR) is 107 cm³/mol. The molecule has 2 aliphatic heterocycles. The normalized spacial score (nSPS) is 23.2. The van der Waals surface area contributed by atoms with Crippen molar-refractivity contribution in [2.45, 2.75) is 19.4 Å². The van der Waals surface area contributed by atoms with Gasteiger partial charge in [0.25, 0.3) is 0 Å². The Morgan fingerprint density at radius 1 is 1.46 bits per heavy atom. The van der Waals surface area contributed by atoms with Crippen molar-refractivity contribution in [3.63, 3.8) is 0 Å². The highest BCUT2D eigenvalue weighted by Gasteiger charge is 2.32. The van der Waals surface area contributed by atoms with Gasteiger partial charge in [0.15, 0.2) is 5.17 Å². The minimum Gasteiger partial charge on any atom is -0.369 e. The number of thioether (sulfide) groups is 1. The average molecular weight is 372 g/mol. The zero-order chi connectivity index (χ0) is 18.1. The molecular formula is C18H24N6OS. The minimum absolute atomic E-state index is 0.0371. The van der Waals surface area contributed by atoms with Gasteiger partial charge in [-0.2, -0.15) is 0 Å². The van der Waals surface area contributed by atoms with Gasteiger partial charge in [-0.25, -0.2) is 9.78 Å². The summed E-state index contributed by atoms with van der Waals surface area (Å²) in [5.41, 5.74) is 2.04. The lowest BCUT2D eigenvalue weighted by atomic mass is 9.92. The van der Waals surface area contributed by atoms with Crippen LogP contribution in [0.5, 0.6) is 0 Å². The summed E-state index contributed by atoms with van der Waals surface area (Å²) in [6.07, 6.45) is 4.74. The lowest BCUT2D eigenvalue weighted by molar-refractivity contribution is 0.165. The van der Waals surface area contributed by atoms with Crippen molar-refractivity contribution < 1.29 is 4.79 Å². The number of amides is 2. The van der Waals surface area contributed by atoms with Crippen LogP contribution in [0.15, 0.2) is 29.5 Å². The summed E-state index contributed by atoms with van der Waals surface area (Å²) in [5.74, 6) is 1.46. The molecule has 4 heterocycles. The van der Waals surface area contributed by atoms with E-state index in [1.165, 1.54) is 0 Å². The van der Waals surface area contributed by atoms with Crippen LogP contribution in [-0.2, 0) is 0 Å². The number of hydrogen-bond acceptors (Lipinski definition) is 5. The fraction of sp³-hybridized carbons (Fsp3) is 0.500. The minimum atomic E-state index is -0.0371. The van der Waals surface area contributed by atoms with Gasteiger partial charge in [0.05, 0.1) is 6.54 Å². The summed E-state index contributed by atoms with van der Waals surface area (Å²) in [4.78, 5) is 28.7. The van der Waals surface area contributed by atoms with Crippen molar-refractivity contribution in [1.29, 1.82) is 0 Å². The molecule has 2 aliphatic rings. The number of carbonyl (C=O) groups excluding carboxylic acids is 1. The van der Waals surface area contributed by atoms with Crippen LogP contribution < -0.4 is 10.2 Å². The maximum Gasteiger partial charge on any atom is 0.323 e. The molecule has 4 rings (SSSR count). The van der Waals surface area contributed by atoms with E-state index in [-0.39, 0.29) is 12.1 Å². The third-order valence-electron chi connectivity index (χ3n) is 5.32. The smallest absolute Gasteiger partial charge is 0.323 e. The van der Waals surface area contributed by atoms with Gasteiger partial charge in [0.2, 0.25) is 0 Å². The summed E-state index contributed by atoms with van der Waals surface area (Å²) in [7, 11) is 2.11. The van der Waals surface area contributed by atoms with Gasteiger partial charge in [-0.05, 0) is 24.5 Å². The van der Waals surface area contributed by atoms with Gasteiger partial charge < -0.3 is 14.8 Å². The fourth-order valence-electron chi connectivity index (χ4n) is 3.75. The zero-order valence-electron chi connectivity index (χ0n) is 15.1. The van der Waals surface area contributed by atoms with Crippen LogP contribution in [0, 0.1) is 5.92 Å². The number of aromatic amines is 1. The average Bonchev–Trinajstić information content (AvgIpc) is 3.32. The number of rotatable bonds is 2. The molecule has 0 radical (unpaired) electrons. The van der Waals surface area contributed by atoms with Crippen molar-refractivity contribution >= 4 is 39.7 Å². The Morgan fingerprint density at radius 3 is 3.15 bits per heavy atom. The van der Waals surface area contributed by atoms with Crippen LogP contribution in [-0.4, -0.2) is 64.5 Å². The van der Waals surface area contributed by atoms with Crippen molar-refractivity contribution in [1.82, 2.24) is 20.2 Å². The van der Waals surface area contributed by atoms with Crippen molar-refractivity contribution in [3.8, 4) is 0 Å². The first kappa shape index (κ1) is 17.2. The molecule has 0 saturated carbocycles. The Kier molecular flexibility index (Phi) is 4.76. The number of nitrogens with one attached hydrogen (secondary N) is 2. The molecule has 2 aromatic rings. The van der Waals surface area contributed by atoms with E-state index in [1.807, 2.05) is 23.4 Å². The molecule has 0 spiro atoms. The van der Waals surface area contributed by atoms with Crippen molar-refractivity contribution in [2.75, 3.05) is 37.3 Å². The van der Waals surface area contributed by atoms with E-state index in [0.29, 0.717) is 12.5 Å². The number of pyridine rings is 1. The zero-order valence-corrected chi connectivity index (χ0v) is 15.9. The molecule has 0 aromatic carbocycles. The topological polar surface area (TPSA) is 76.6 Å². The first-order valence-corrected chi connectivity index (χ1v) is 10.00. The van der Waals surface area contributed by atoms with Crippen LogP contribution in [0.4, 0.5) is 10.5 Å². The molecule has 138 valence electrons. The monoisotopic (exact) mass is 372 g/mol. The molecule has 2 aromatic heterocycles. The molecular weight excluding hydrogens is 348 g/mol. The summed E-state index contributed by atoms with van der Waals surface area (Å²) >= 11 is 1.61. The number of piperidine rings is 1. The molecule has 2 N–H and O–H groups in total. The fourth-order valence-corrected chi connectivity index (χ4v) is 4.47. The maximum absolute atomic E-state index is 12.6. The molecule has 8 heteroatoms. The highest BCUT2D eigenvalue weighted by atomic mass is 32.2. The third kappa shape index (κ3) is 3.25. The van der Waals surface area contributed by atoms with E-state index in [4.69, 9.17) is 0 Å². The number of carbonyl (C=O) groups is 1.